The molecule has 1 saturated heterocycles. The first-order valence-electron chi connectivity index (χ1n) is 10.6. The molecular formula is C24H32FNO3S. The highest BCUT2D eigenvalue weighted by Gasteiger charge is 2.24. The summed E-state index contributed by atoms with van der Waals surface area (Å²) in [6.07, 6.45) is 1.69. The van der Waals surface area contributed by atoms with Crippen LogP contribution in [0.2, 0.25) is 0 Å². The zero-order valence-electron chi connectivity index (χ0n) is 18.3. The molecule has 164 valence electrons. The van der Waals surface area contributed by atoms with E-state index < -0.39 is 9.84 Å². The van der Waals surface area contributed by atoms with Crippen molar-refractivity contribution in [3.05, 3.63) is 65.0 Å². The highest BCUT2D eigenvalue weighted by atomic mass is 32.2. The van der Waals surface area contributed by atoms with Crippen LogP contribution in [-0.4, -0.2) is 39.0 Å². The second-order valence-corrected chi connectivity index (χ2v) is 11.2. The fraction of sp³-hybridized carbons (Fsp3) is 0.500. The van der Waals surface area contributed by atoms with Gasteiger partial charge in [0.25, 0.3) is 0 Å². The molecule has 30 heavy (non-hydrogen) atoms. The average molecular weight is 434 g/mol. The van der Waals surface area contributed by atoms with E-state index in [1.807, 2.05) is 50.2 Å². The number of hydrogen-bond acceptors (Lipinski definition) is 4. The summed E-state index contributed by atoms with van der Waals surface area (Å²) in [5, 5.41) is -0.376. The number of halogens is 1. The van der Waals surface area contributed by atoms with Crippen molar-refractivity contribution in [1.82, 2.24) is 0 Å². The van der Waals surface area contributed by atoms with E-state index in [1.165, 1.54) is 0 Å². The summed E-state index contributed by atoms with van der Waals surface area (Å²) in [5.74, 6) is -0.126. The van der Waals surface area contributed by atoms with E-state index >= 15 is 0 Å². The molecule has 1 fully saturated rings. The van der Waals surface area contributed by atoms with E-state index in [2.05, 4.69) is 4.90 Å². The van der Waals surface area contributed by atoms with Crippen LogP contribution in [0.25, 0.3) is 0 Å². The summed E-state index contributed by atoms with van der Waals surface area (Å²) >= 11 is 0. The number of aryl methyl sites for hydroxylation is 2. The monoisotopic (exact) mass is 433 g/mol. The average Bonchev–Trinajstić information content (AvgIpc) is 2.66. The second kappa shape index (κ2) is 9.48. The fourth-order valence-corrected chi connectivity index (χ4v) is 4.82. The molecule has 0 aliphatic carbocycles. The van der Waals surface area contributed by atoms with Crippen molar-refractivity contribution in [2.45, 2.75) is 63.7 Å². The maximum Gasteiger partial charge on any atom is 0.156 e. The van der Waals surface area contributed by atoms with Crippen molar-refractivity contribution in [2.75, 3.05) is 18.0 Å². The SMILES string of the molecule is CC(C)S(=O)(=O)Cc1ccc(CCc2ccc(N3C[C@@H](C)O[C@@H](C)C3)c(F)c2)cc1. The molecule has 4 nitrogen and oxygen atoms in total. The van der Waals surface area contributed by atoms with Crippen LogP contribution in [0.15, 0.2) is 42.5 Å². The Labute approximate surface area is 180 Å². The lowest BCUT2D eigenvalue weighted by molar-refractivity contribution is -0.00539. The standard InChI is InChI=1S/C24H32FNO3S/c1-17(2)30(27,28)16-22-9-6-20(7-10-22)5-8-21-11-12-24(23(25)13-21)26-14-18(3)29-19(4)15-26/h6-7,9-13,17-19H,5,8,14-16H2,1-4H3/t18-,19+. The van der Waals surface area contributed by atoms with Gasteiger partial charge in [-0.3, -0.25) is 0 Å². The lowest BCUT2D eigenvalue weighted by atomic mass is 10.0. The van der Waals surface area contributed by atoms with Gasteiger partial charge in [-0.15, -0.1) is 0 Å². The summed E-state index contributed by atoms with van der Waals surface area (Å²) in [6.45, 7) is 8.82. The lowest BCUT2D eigenvalue weighted by Gasteiger charge is -2.37. The van der Waals surface area contributed by atoms with Crippen molar-refractivity contribution in [3.63, 3.8) is 0 Å². The Bertz CT molecular complexity index is 947. The van der Waals surface area contributed by atoms with E-state index in [0.29, 0.717) is 18.8 Å². The van der Waals surface area contributed by atoms with Crippen LogP contribution in [-0.2, 0) is 33.2 Å². The first-order valence-corrected chi connectivity index (χ1v) is 12.3. The molecule has 0 aromatic heterocycles. The van der Waals surface area contributed by atoms with Gasteiger partial charge in [-0.1, -0.05) is 30.3 Å². The van der Waals surface area contributed by atoms with E-state index in [4.69, 9.17) is 4.74 Å². The number of sulfone groups is 1. The summed E-state index contributed by atoms with van der Waals surface area (Å²) in [6, 6.07) is 13.2. The Balaban J connectivity index is 1.60. The van der Waals surface area contributed by atoms with Crippen molar-refractivity contribution in [1.29, 1.82) is 0 Å². The van der Waals surface area contributed by atoms with Crippen LogP contribution in [0.1, 0.15) is 44.4 Å². The smallest absolute Gasteiger partial charge is 0.156 e. The highest BCUT2D eigenvalue weighted by Crippen LogP contribution is 2.25. The largest absolute Gasteiger partial charge is 0.372 e. The molecule has 0 unspecified atom stereocenters. The van der Waals surface area contributed by atoms with E-state index in [-0.39, 0.29) is 29.0 Å². The molecule has 0 N–H and O–H groups in total. The van der Waals surface area contributed by atoms with Crippen molar-refractivity contribution in [2.24, 2.45) is 0 Å². The van der Waals surface area contributed by atoms with Crippen LogP contribution < -0.4 is 4.90 Å². The van der Waals surface area contributed by atoms with Gasteiger partial charge in [0.05, 0.1) is 28.9 Å². The number of nitrogens with zero attached hydrogens (tertiary/aromatic N) is 1. The summed E-state index contributed by atoms with van der Waals surface area (Å²) < 4.78 is 44.6. The third-order valence-electron chi connectivity index (χ3n) is 5.58. The van der Waals surface area contributed by atoms with Gasteiger partial charge in [-0.25, -0.2) is 12.8 Å². The molecule has 2 aromatic carbocycles. The van der Waals surface area contributed by atoms with Crippen LogP contribution in [0.4, 0.5) is 10.1 Å². The molecule has 0 saturated carbocycles. The van der Waals surface area contributed by atoms with E-state index in [9.17, 15) is 12.8 Å². The second-order valence-electron chi connectivity index (χ2n) is 8.62. The molecule has 0 bridgehead atoms. The molecule has 0 spiro atoms. The Morgan fingerprint density at radius 2 is 1.50 bits per heavy atom. The Morgan fingerprint density at radius 1 is 0.967 bits per heavy atom. The molecule has 0 radical (unpaired) electrons. The molecule has 2 atom stereocenters. The summed E-state index contributed by atoms with van der Waals surface area (Å²) in [7, 11) is -3.10. The quantitative estimate of drug-likeness (QED) is 0.643. The predicted octanol–water partition coefficient (Wildman–Crippen LogP) is 4.55. The van der Waals surface area contributed by atoms with Gasteiger partial charge < -0.3 is 9.64 Å². The Hall–Kier alpha value is -1.92. The van der Waals surface area contributed by atoms with Gasteiger partial charge in [-0.05, 0) is 69.4 Å². The third kappa shape index (κ3) is 5.82. The van der Waals surface area contributed by atoms with Gasteiger partial charge >= 0.3 is 0 Å². The van der Waals surface area contributed by atoms with Crippen molar-refractivity contribution < 1.29 is 17.5 Å². The van der Waals surface area contributed by atoms with Crippen LogP contribution in [0.3, 0.4) is 0 Å². The topological polar surface area (TPSA) is 46.6 Å². The molecular weight excluding hydrogens is 401 g/mol. The van der Waals surface area contributed by atoms with E-state index in [1.54, 1.807) is 19.9 Å². The number of benzene rings is 2. The highest BCUT2D eigenvalue weighted by molar-refractivity contribution is 7.91. The van der Waals surface area contributed by atoms with Gasteiger partial charge in [-0.2, -0.15) is 0 Å². The van der Waals surface area contributed by atoms with Gasteiger partial charge in [0, 0.05) is 13.1 Å². The number of hydrogen-bond donors (Lipinski definition) is 0. The molecule has 1 aliphatic heterocycles. The molecule has 1 heterocycles. The number of anilines is 1. The molecule has 0 amide bonds. The zero-order valence-corrected chi connectivity index (χ0v) is 19.1. The Morgan fingerprint density at radius 3 is 2.07 bits per heavy atom. The van der Waals surface area contributed by atoms with Gasteiger partial charge in [0.2, 0.25) is 0 Å². The molecule has 3 rings (SSSR count). The third-order valence-corrected chi connectivity index (χ3v) is 7.76. The minimum atomic E-state index is -3.10. The summed E-state index contributed by atoms with van der Waals surface area (Å²) in [5.41, 5.74) is 3.51. The molecule has 2 aromatic rings. The van der Waals surface area contributed by atoms with Crippen LogP contribution in [0, 0.1) is 5.82 Å². The van der Waals surface area contributed by atoms with Gasteiger partial charge in [0.15, 0.2) is 9.84 Å². The van der Waals surface area contributed by atoms with Crippen LogP contribution in [0.5, 0.6) is 0 Å². The maximum absolute atomic E-state index is 14.8. The fourth-order valence-electron chi connectivity index (χ4n) is 3.83. The van der Waals surface area contributed by atoms with E-state index in [0.717, 1.165) is 29.5 Å². The van der Waals surface area contributed by atoms with Gasteiger partial charge in [0.1, 0.15) is 5.82 Å². The predicted molar refractivity (Wildman–Crippen MR) is 120 cm³/mol. The number of rotatable bonds is 7. The molecule has 1 aliphatic rings. The normalized spacial score (nSPS) is 20.0. The van der Waals surface area contributed by atoms with Crippen LogP contribution >= 0.6 is 0 Å². The lowest BCUT2D eigenvalue weighted by Crippen LogP contribution is -2.45. The minimum absolute atomic E-state index is 0.0659. The van der Waals surface area contributed by atoms with Crippen molar-refractivity contribution in [3.8, 4) is 0 Å². The first-order chi connectivity index (χ1) is 14.1. The maximum atomic E-state index is 14.8. The van der Waals surface area contributed by atoms with Crippen molar-refractivity contribution >= 4 is 15.5 Å². The summed E-state index contributed by atoms with van der Waals surface area (Å²) in [4.78, 5) is 2.06. The Kier molecular flexibility index (Phi) is 7.19. The zero-order chi connectivity index (χ0) is 21.9. The first kappa shape index (κ1) is 22.8. The minimum Gasteiger partial charge on any atom is -0.372 e. The number of morpholine rings is 1. The number of ether oxygens (including phenoxy) is 1. The molecule has 6 heteroatoms.